The van der Waals surface area contributed by atoms with E-state index in [1.807, 2.05) is 0 Å². The van der Waals surface area contributed by atoms with E-state index in [1.54, 1.807) is 42.5 Å². The van der Waals surface area contributed by atoms with Crippen LogP contribution < -0.4 is 0 Å². The molecule has 8 nitrogen and oxygen atoms in total. The van der Waals surface area contributed by atoms with Crippen LogP contribution in [0.3, 0.4) is 0 Å². The summed E-state index contributed by atoms with van der Waals surface area (Å²) in [6.07, 6.45) is 8.63. The van der Waals surface area contributed by atoms with Crippen molar-refractivity contribution in [2.45, 2.75) is 35.5 Å². The Morgan fingerprint density at radius 2 is 1.59 bits per heavy atom. The first kappa shape index (κ1) is 26.8. The Balaban J connectivity index is 1.80. The summed E-state index contributed by atoms with van der Waals surface area (Å²) in [4.78, 5) is 16.9. The standard InChI is InChI=1S/C29H28N2O6S2/c1-37-29(32)23-17-22-18-27(31(28(22)30-19-23)39(35,36)25-10-4-3-5-11-25)26(16-20-8-6-7-9-20)21-12-14-24(15-13-21)38(2,33)34/h3-5,10-20H,6-9H2,1-2H3/b26-16+. The number of esters is 1. The molecule has 39 heavy (non-hydrogen) atoms. The SMILES string of the molecule is COC(=O)c1cnc2c(c1)cc(/C(=C/C1CCCC1)c1ccc(S(C)(=O)=O)cc1)n2S(=O)(=O)c1ccccc1. The van der Waals surface area contributed by atoms with Crippen LogP contribution in [0.1, 0.15) is 47.3 Å². The number of carbonyl (C=O) groups excluding carboxylic acids is 1. The number of methoxy groups -OCH3 is 1. The van der Waals surface area contributed by atoms with Gasteiger partial charge in [-0.1, -0.05) is 49.2 Å². The first-order valence-corrected chi connectivity index (χ1v) is 15.9. The highest BCUT2D eigenvalue weighted by Gasteiger charge is 2.28. The third kappa shape index (κ3) is 5.26. The highest BCUT2D eigenvalue weighted by molar-refractivity contribution is 7.90. The quantitative estimate of drug-likeness (QED) is 0.288. The van der Waals surface area contributed by atoms with Gasteiger partial charge in [0.2, 0.25) is 0 Å². The Morgan fingerprint density at radius 1 is 0.923 bits per heavy atom. The molecule has 1 saturated carbocycles. The Kier molecular flexibility index (Phi) is 7.17. The molecule has 0 amide bonds. The van der Waals surface area contributed by atoms with Gasteiger partial charge in [-0.05, 0) is 60.7 Å². The average molecular weight is 565 g/mol. The number of hydrogen-bond donors (Lipinski definition) is 0. The summed E-state index contributed by atoms with van der Waals surface area (Å²) in [5.74, 6) is -0.346. The lowest BCUT2D eigenvalue weighted by molar-refractivity contribution is 0.0600. The number of sulfone groups is 1. The van der Waals surface area contributed by atoms with Gasteiger partial charge < -0.3 is 4.74 Å². The van der Waals surface area contributed by atoms with E-state index in [4.69, 9.17) is 4.74 Å². The van der Waals surface area contributed by atoms with Gasteiger partial charge in [0.15, 0.2) is 15.5 Å². The summed E-state index contributed by atoms with van der Waals surface area (Å²) in [6.45, 7) is 0. The lowest BCUT2D eigenvalue weighted by Gasteiger charge is -2.16. The van der Waals surface area contributed by atoms with Crippen molar-refractivity contribution in [2.75, 3.05) is 13.4 Å². The van der Waals surface area contributed by atoms with Gasteiger partial charge >= 0.3 is 5.97 Å². The van der Waals surface area contributed by atoms with Crippen LogP contribution in [-0.4, -0.2) is 45.1 Å². The number of fused-ring (bicyclic) bond motifs is 1. The normalized spacial score (nSPS) is 15.1. The fourth-order valence-corrected chi connectivity index (χ4v) is 7.13. The van der Waals surface area contributed by atoms with Crippen molar-refractivity contribution in [2.24, 2.45) is 5.92 Å². The molecule has 2 aromatic heterocycles. The second-order valence-corrected chi connectivity index (χ2v) is 13.5. The van der Waals surface area contributed by atoms with Gasteiger partial charge in [0.1, 0.15) is 0 Å². The highest BCUT2D eigenvalue weighted by Crippen LogP contribution is 2.36. The maximum atomic E-state index is 14.1. The molecular weight excluding hydrogens is 536 g/mol. The lowest BCUT2D eigenvalue weighted by Crippen LogP contribution is -2.16. The van der Waals surface area contributed by atoms with E-state index < -0.39 is 25.8 Å². The molecule has 2 aromatic carbocycles. The van der Waals surface area contributed by atoms with Gasteiger partial charge in [-0.2, -0.15) is 0 Å². The zero-order valence-electron chi connectivity index (χ0n) is 21.6. The van der Waals surface area contributed by atoms with Gasteiger partial charge in [-0.15, -0.1) is 0 Å². The van der Waals surface area contributed by atoms with Crippen molar-refractivity contribution in [3.8, 4) is 0 Å². The number of nitrogens with zero attached hydrogens (tertiary/aromatic N) is 2. The fourth-order valence-electron chi connectivity index (χ4n) is 5.00. The molecule has 0 saturated heterocycles. The molecule has 0 unspecified atom stereocenters. The van der Waals surface area contributed by atoms with Crippen LogP contribution in [0, 0.1) is 5.92 Å². The van der Waals surface area contributed by atoms with E-state index in [2.05, 4.69) is 11.1 Å². The second-order valence-electron chi connectivity index (χ2n) is 9.66. The smallest absolute Gasteiger partial charge is 0.339 e. The maximum Gasteiger partial charge on any atom is 0.339 e. The van der Waals surface area contributed by atoms with Crippen LogP contribution in [-0.2, 0) is 24.6 Å². The first-order chi connectivity index (χ1) is 18.6. The van der Waals surface area contributed by atoms with Crippen LogP contribution in [0.2, 0.25) is 0 Å². The molecule has 4 aromatic rings. The monoisotopic (exact) mass is 564 g/mol. The zero-order valence-corrected chi connectivity index (χ0v) is 23.2. The molecule has 1 aliphatic carbocycles. The molecule has 2 heterocycles. The number of rotatable bonds is 7. The Morgan fingerprint density at radius 3 is 2.21 bits per heavy atom. The van der Waals surface area contributed by atoms with Crippen LogP contribution in [0.5, 0.6) is 0 Å². The Hall–Kier alpha value is -3.76. The van der Waals surface area contributed by atoms with Crippen LogP contribution in [0.15, 0.2) is 88.8 Å². The van der Waals surface area contributed by atoms with Crippen molar-refractivity contribution in [1.29, 1.82) is 0 Å². The summed E-state index contributed by atoms with van der Waals surface area (Å²) in [5.41, 5.74) is 2.08. The molecular formula is C29H28N2O6S2. The molecule has 0 aliphatic heterocycles. The first-order valence-electron chi connectivity index (χ1n) is 12.5. The van der Waals surface area contributed by atoms with E-state index in [0.717, 1.165) is 31.9 Å². The fraction of sp³-hybridized carbons (Fsp3) is 0.241. The summed E-state index contributed by atoms with van der Waals surface area (Å²) < 4.78 is 58.4. The molecule has 202 valence electrons. The summed E-state index contributed by atoms with van der Waals surface area (Å²) in [6, 6.07) is 17.8. The molecule has 1 aliphatic rings. The van der Waals surface area contributed by atoms with Crippen molar-refractivity contribution in [3.63, 3.8) is 0 Å². The van der Waals surface area contributed by atoms with Gasteiger partial charge in [-0.3, -0.25) is 0 Å². The lowest BCUT2D eigenvalue weighted by atomic mass is 9.96. The molecule has 10 heteroatoms. The number of pyridine rings is 1. The van der Waals surface area contributed by atoms with Crippen molar-refractivity contribution < 1.29 is 26.4 Å². The van der Waals surface area contributed by atoms with Gasteiger partial charge in [-0.25, -0.2) is 30.6 Å². The molecule has 0 atom stereocenters. The zero-order chi connectivity index (χ0) is 27.8. The number of carbonyl (C=O) groups is 1. The molecule has 1 fully saturated rings. The van der Waals surface area contributed by atoms with Crippen molar-refractivity contribution in [1.82, 2.24) is 8.96 Å². The van der Waals surface area contributed by atoms with E-state index in [0.29, 0.717) is 22.2 Å². The molecule has 5 rings (SSSR count). The largest absolute Gasteiger partial charge is 0.465 e. The van der Waals surface area contributed by atoms with Gasteiger partial charge in [0, 0.05) is 23.4 Å². The minimum atomic E-state index is -4.11. The summed E-state index contributed by atoms with van der Waals surface area (Å²) in [5, 5.41) is 0.456. The molecule has 0 spiro atoms. The third-order valence-corrected chi connectivity index (χ3v) is 9.82. The molecule has 0 N–H and O–H groups in total. The molecule has 0 radical (unpaired) electrons. The van der Waals surface area contributed by atoms with E-state index >= 15 is 0 Å². The summed E-state index contributed by atoms with van der Waals surface area (Å²) >= 11 is 0. The van der Waals surface area contributed by atoms with E-state index in [9.17, 15) is 21.6 Å². The van der Waals surface area contributed by atoms with E-state index in [-0.39, 0.29) is 26.9 Å². The van der Waals surface area contributed by atoms with Gasteiger partial charge in [0.05, 0.1) is 28.2 Å². The average Bonchev–Trinajstić information content (AvgIpc) is 3.59. The van der Waals surface area contributed by atoms with Crippen molar-refractivity contribution >= 4 is 42.4 Å². The van der Waals surface area contributed by atoms with Crippen LogP contribution in [0.25, 0.3) is 16.6 Å². The number of hydrogen-bond acceptors (Lipinski definition) is 7. The number of aromatic nitrogens is 2. The minimum Gasteiger partial charge on any atom is -0.465 e. The van der Waals surface area contributed by atoms with Crippen LogP contribution in [0.4, 0.5) is 0 Å². The van der Waals surface area contributed by atoms with Gasteiger partial charge in [0.25, 0.3) is 10.0 Å². The third-order valence-electron chi connectivity index (χ3n) is 6.97. The Bertz CT molecular complexity index is 1780. The second kappa shape index (κ2) is 10.4. The minimum absolute atomic E-state index is 0.0928. The number of benzene rings is 2. The summed E-state index contributed by atoms with van der Waals surface area (Å²) in [7, 11) is -6.25. The number of allylic oxidation sites excluding steroid dienone is 1. The van der Waals surface area contributed by atoms with E-state index in [1.165, 1.54) is 41.5 Å². The predicted molar refractivity (Wildman–Crippen MR) is 149 cm³/mol. The maximum absolute atomic E-state index is 14.1. The predicted octanol–water partition coefficient (Wildman–Crippen LogP) is 5.09. The topological polar surface area (TPSA) is 112 Å². The Labute approximate surface area is 227 Å². The highest BCUT2D eigenvalue weighted by atomic mass is 32.2. The van der Waals surface area contributed by atoms with Crippen LogP contribution >= 0.6 is 0 Å². The van der Waals surface area contributed by atoms with Crippen molar-refractivity contribution in [3.05, 3.63) is 95.8 Å². The number of ether oxygens (including phenoxy) is 1. The molecule has 0 bridgehead atoms.